The summed E-state index contributed by atoms with van der Waals surface area (Å²) in [5.41, 5.74) is 4.60. The first-order chi connectivity index (χ1) is 14.7. The molecule has 4 nitrogen and oxygen atoms in total. The topological polar surface area (TPSA) is 42.2 Å². The van der Waals surface area contributed by atoms with Crippen LogP contribution < -0.4 is 5.32 Å². The van der Waals surface area contributed by atoms with Crippen LogP contribution in [0.3, 0.4) is 0 Å². The molecule has 0 aliphatic heterocycles. The van der Waals surface area contributed by atoms with Crippen LogP contribution in [0.2, 0.25) is 0 Å². The Morgan fingerprint density at radius 1 is 1.03 bits per heavy atom. The summed E-state index contributed by atoms with van der Waals surface area (Å²) in [6, 6.07) is 19.3. The Balaban J connectivity index is 1.57. The summed E-state index contributed by atoms with van der Waals surface area (Å²) in [5.74, 6) is 2.47. The molecule has 1 unspecified atom stereocenters. The minimum absolute atomic E-state index is 0.0517. The standard InChI is InChI=1S/C26H32N4/c1-4-27-26-25(20(3)29-23-8-6-5-7-9-23)28-18-30(26)24-16-14-22(15-17-24)21-12-10-19(2)11-13-21/h4-9,14-21,29H,10-13H2,1-3H3/b27-4-. The Bertz CT molecular complexity index is 964. The van der Waals surface area contributed by atoms with Crippen molar-refractivity contribution in [1.82, 2.24) is 9.55 Å². The van der Waals surface area contributed by atoms with Gasteiger partial charge in [0.1, 0.15) is 12.0 Å². The number of nitrogens with one attached hydrogen (secondary N) is 1. The normalized spacial score (nSPS) is 20.4. The molecule has 0 saturated heterocycles. The largest absolute Gasteiger partial charge is 0.377 e. The number of rotatable bonds is 6. The molecule has 1 heterocycles. The van der Waals surface area contributed by atoms with Gasteiger partial charge < -0.3 is 5.32 Å². The van der Waals surface area contributed by atoms with E-state index < -0.39 is 0 Å². The molecule has 4 heteroatoms. The lowest BCUT2D eigenvalue weighted by Gasteiger charge is -2.26. The highest BCUT2D eigenvalue weighted by Gasteiger charge is 2.21. The molecule has 1 saturated carbocycles. The van der Waals surface area contributed by atoms with Gasteiger partial charge in [-0.05, 0) is 68.4 Å². The zero-order valence-corrected chi connectivity index (χ0v) is 18.3. The molecule has 156 valence electrons. The van der Waals surface area contributed by atoms with Gasteiger partial charge in [0.15, 0.2) is 5.82 Å². The number of aliphatic imine (C=N–C) groups is 1. The van der Waals surface area contributed by atoms with Crippen LogP contribution in [-0.4, -0.2) is 15.8 Å². The van der Waals surface area contributed by atoms with E-state index in [1.54, 1.807) is 0 Å². The van der Waals surface area contributed by atoms with Crippen LogP contribution in [0.5, 0.6) is 0 Å². The maximum atomic E-state index is 4.71. The molecule has 1 aliphatic carbocycles. The van der Waals surface area contributed by atoms with Gasteiger partial charge >= 0.3 is 0 Å². The van der Waals surface area contributed by atoms with Crippen LogP contribution in [0, 0.1) is 5.92 Å². The molecule has 0 bridgehead atoms. The van der Waals surface area contributed by atoms with E-state index >= 15 is 0 Å². The zero-order valence-electron chi connectivity index (χ0n) is 18.3. The fourth-order valence-corrected chi connectivity index (χ4v) is 4.45. The minimum Gasteiger partial charge on any atom is -0.377 e. The van der Waals surface area contributed by atoms with E-state index in [-0.39, 0.29) is 6.04 Å². The van der Waals surface area contributed by atoms with Crippen molar-refractivity contribution in [3.05, 3.63) is 72.2 Å². The molecule has 0 amide bonds. The molecule has 1 fully saturated rings. The summed E-state index contributed by atoms with van der Waals surface area (Å²) in [6.45, 7) is 6.45. The number of hydrogen-bond acceptors (Lipinski definition) is 3. The SMILES string of the molecule is C/C=N\c1c(C(C)Nc2ccccc2)ncn1-c1ccc(C2CCC(C)CC2)cc1. The Labute approximate surface area is 180 Å². The van der Waals surface area contributed by atoms with Gasteiger partial charge in [-0.15, -0.1) is 0 Å². The lowest BCUT2D eigenvalue weighted by molar-refractivity contribution is 0.348. The fraction of sp³-hybridized carbons (Fsp3) is 0.385. The van der Waals surface area contributed by atoms with Crippen molar-refractivity contribution >= 4 is 17.7 Å². The summed E-state index contributed by atoms with van der Waals surface area (Å²) in [7, 11) is 0. The Morgan fingerprint density at radius 2 is 1.73 bits per heavy atom. The molecule has 1 atom stereocenters. The van der Waals surface area contributed by atoms with Crippen LogP contribution in [0.15, 0.2) is 65.9 Å². The third kappa shape index (κ3) is 4.48. The van der Waals surface area contributed by atoms with Crippen molar-refractivity contribution in [3.8, 4) is 5.69 Å². The van der Waals surface area contributed by atoms with Crippen molar-refractivity contribution < 1.29 is 0 Å². The van der Waals surface area contributed by atoms with Gasteiger partial charge in [-0.1, -0.05) is 50.1 Å². The molecule has 1 aliphatic rings. The quantitative estimate of drug-likeness (QED) is 0.450. The summed E-state index contributed by atoms with van der Waals surface area (Å²) < 4.78 is 2.09. The molecular formula is C26H32N4. The number of aromatic nitrogens is 2. The highest BCUT2D eigenvalue weighted by Crippen LogP contribution is 2.36. The van der Waals surface area contributed by atoms with Crippen molar-refractivity contribution in [3.63, 3.8) is 0 Å². The fourth-order valence-electron chi connectivity index (χ4n) is 4.45. The summed E-state index contributed by atoms with van der Waals surface area (Å²) in [6.07, 6.45) is 9.04. The summed E-state index contributed by atoms with van der Waals surface area (Å²) >= 11 is 0. The molecule has 3 aromatic rings. The molecule has 0 spiro atoms. The number of para-hydroxylation sites is 1. The lowest BCUT2D eigenvalue weighted by atomic mass is 9.79. The first-order valence-electron chi connectivity index (χ1n) is 11.1. The zero-order chi connectivity index (χ0) is 20.9. The van der Waals surface area contributed by atoms with E-state index in [1.165, 1.54) is 31.2 Å². The van der Waals surface area contributed by atoms with Gasteiger partial charge in [0.05, 0.1) is 6.04 Å². The average molecular weight is 401 g/mol. The van der Waals surface area contributed by atoms with Gasteiger partial charge in [0.2, 0.25) is 0 Å². The van der Waals surface area contributed by atoms with Gasteiger partial charge in [0, 0.05) is 17.6 Å². The van der Waals surface area contributed by atoms with Gasteiger partial charge in [0.25, 0.3) is 0 Å². The van der Waals surface area contributed by atoms with Gasteiger partial charge in [-0.25, -0.2) is 9.98 Å². The number of hydrogen-bond donors (Lipinski definition) is 1. The highest BCUT2D eigenvalue weighted by atomic mass is 15.2. The summed E-state index contributed by atoms with van der Waals surface area (Å²) in [5, 5.41) is 3.53. The van der Waals surface area contributed by atoms with E-state index in [1.807, 2.05) is 37.7 Å². The second-order valence-corrected chi connectivity index (χ2v) is 8.49. The van der Waals surface area contributed by atoms with Crippen LogP contribution in [0.4, 0.5) is 11.5 Å². The second-order valence-electron chi connectivity index (χ2n) is 8.49. The smallest absolute Gasteiger partial charge is 0.161 e. The highest BCUT2D eigenvalue weighted by molar-refractivity contribution is 5.62. The third-order valence-corrected chi connectivity index (χ3v) is 6.25. The monoisotopic (exact) mass is 400 g/mol. The lowest BCUT2D eigenvalue weighted by Crippen LogP contribution is -2.10. The van der Waals surface area contributed by atoms with Crippen molar-refractivity contribution in [1.29, 1.82) is 0 Å². The molecule has 2 aromatic carbocycles. The molecule has 0 radical (unpaired) electrons. The van der Waals surface area contributed by atoms with Crippen molar-refractivity contribution in [2.45, 2.75) is 58.4 Å². The number of nitrogens with zero attached hydrogens (tertiary/aromatic N) is 3. The van der Waals surface area contributed by atoms with Gasteiger partial charge in [-0.3, -0.25) is 4.57 Å². The summed E-state index contributed by atoms with van der Waals surface area (Å²) in [4.78, 5) is 9.38. The molecular weight excluding hydrogens is 368 g/mol. The van der Waals surface area contributed by atoms with Crippen molar-refractivity contribution in [2.24, 2.45) is 10.9 Å². The number of benzene rings is 2. The first kappa shape index (κ1) is 20.4. The van der Waals surface area contributed by atoms with E-state index in [0.29, 0.717) is 5.92 Å². The predicted octanol–water partition coefficient (Wildman–Crippen LogP) is 7.06. The number of anilines is 1. The Kier molecular flexibility index (Phi) is 6.32. The van der Waals surface area contributed by atoms with E-state index in [0.717, 1.165) is 28.8 Å². The second kappa shape index (κ2) is 9.29. The molecule has 4 rings (SSSR count). The van der Waals surface area contributed by atoms with E-state index in [9.17, 15) is 0 Å². The van der Waals surface area contributed by atoms with Crippen LogP contribution in [0.1, 0.15) is 69.7 Å². The predicted molar refractivity (Wildman–Crippen MR) is 126 cm³/mol. The average Bonchev–Trinajstić information content (AvgIpc) is 3.19. The number of imidazole rings is 1. The third-order valence-electron chi connectivity index (χ3n) is 6.25. The molecule has 1 aromatic heterocycles. The van der Waals surface area contributed by atoms with Gasteiger partial charge in [-0.2, -0.15) is 0 Å². The van der Waals surface area contributed by atoms with Crippen LogP contribution >= 0.6 is 0 Å². The van der Waals surface area contributed by atoms with Crippen LogP contribution in [-0.2, 0) is 0 Å². The van der Waals surface area contributed by atoms with Crippen LogP contribution in [0.25, 0.3) is 5.69 Å². The molecule has 1 N–H and O–H groups in total. The first-order valence-corrected chi connectivity index (χ1v) is 11.1. The maximum absolute atomic E-state index is 4.71. The Morgan fingerprint density at radius 3 is 2.40 bits per heavy atom. The van der Waals surface area contributed by atoms with Crippen molar-refractivity contribution in [2.75, 3.05) is 5.32 Å². The minimum atomic E-state index is 0.0517. The van der Waals surface area contributed by atoms with E-state index in [4.69, 9.17) is 4.98 Å². The Hall–Kier alpha value is -2.88. The van der Waals surface area contributed by atoms with E-state index in [2.05, 4.69) is 65.1 Å². The maximum Gasteiger partial charge on any atom is 0.161 e. The molecule has 30 heavy (non-hydrogen) atoms.